The normalized spacial score (nSPS) is 12.5. The van der Waals surface area contributed by atoms with Gasteiger partial charge in [-0.25, -0.2) is 9.38 Å². The first-order chi connectivity index (χ1) is 9.17. The van der Waals surface area contributed by atoms with Gasteiger partial charge in [0.1, 0.15) is 5.82 Å². The average Bonchev–Trinajstić information content (AvgIpc) is 2.43. The quantitative estimate of drug-likeness (QED) is 0.429. The van der Waals surface area contributed by atoms with Crippen molar-refractivity contribution in [3.63, 3.8) is 0 Å². The van der Waals surface area contributed by atoms with E-state index in [0.29, 0.717) is 17.4 Å². The Bertz CT molecular complexity index is 415. The van der Waals surface area contributed by atoms with Crippen LogP contribution in [0.25, 0.3) is 0 Å². The lowest BCUT2D eigenvalue weighted by Crippen LogP contribution is -2.40. The van der Waals surface area contributed by atoms with Crippen molar-refractivity contribution < 1.29 is 4.39 Å². The number of nitrogens with one attached hydrogen (secondary N) is 2. The fraction of sp³-hybridized carbons (Fsp3) is 0.500. The number of hydrogen-bond donors (Lipinski definition) is 2. The third-order valence-corrected chi connectivity index (χ3v) is 3.64. The van der Waals surface area contributed by atoms with E-state index in [0.717, 1.165) is 19.0 Å². The summed E-state index contributed by atoms with van der Waals surface area (Å²) >= 11 is 1.80. The van der Waals surface area contributed by atoms with Crippen molar-refractivity contribution in [2.45, 2.75) is 25.6 Å². The molecule has 0 aliphatic heterocycles. The second-order valence-corrected chi connectivity index (χ2v) is 5.49. The van der Waals surface area contributed by atoms with Crippen LogP contribution in [0, 0.1) is 5.82 Å². The average molecular weight is 411 g/mol. The predicted molar refractivity (Wildman–Crippen MR) is 97.6 cm³/mol. The highest BCUT2D eigenvalue weighted by Crippen LogP contribution is 2.07. The molecule has 0 aromatic heterocycles. The van der Waals surface area contributed by atoms with E-state index < -0.39 is 0 Å². The Morgan fingerprint density at radius 1 is 1.35 bits per heavy atom. The maximum Gasteiger partial charge on any atom is 0.191 e. The molecule has 0 aliphatic rings. The molecule has 0 spiro atoms. The number of guanidine groups is 1. The summed E-state index contributed by atoms with van der Waals surface area (Å²) in [6.07, 6.45) is 2.08. The molecule has 0 heterocycles. The smallest absolute Gasteiger partial charge is 0.191 e. The minimum atomic E-state index is -0.209. The van der Waals surface area contributed by atoms with Gasteiger partial charge < -0.3 is 10.6 Å². The van der Waals surface area contributed by atoms with Crippen molar-refractivity contribution in [1.82, 2.24) is 10.6 Å². The monoisotopic (exact) mass is 411 g/mol. The lowest BCUT2D eigenvalue weighted by molar-refractivity contribution is 0.610. The molecule has 0 bridgehead atoms. The molecule has 1 atom stereocenters. The highest BCUT2D eigenvalue weighted by atomic mass is 127. The number of benzene rings is 1. The van der Waals surface area contributed by atoms with Crippen LogP contribution in [0.4, 0.5) is 4.39 Å². The summed E-state index contributed by atoms with van der Waals surface area (Å²) in [5, 5.41) is 6.93. The molecular weight excluding hydrogens is 388 g/mol. The highest BCUT2D eigenvalue weighted by molar-refractivity contribution is 14.0. The maximum atomic E-state index is 13.5. The number of thioether (sulfide) groups is 1. The van der Waals surface area contributed by atoms with Crippen molar-refractivity contribution in [3.05, 3.63) is 35.6 Å². The van der Waals surface area contributed by atoms with E-state index in [9.17, 15) is 4.39 Å². The molecule has 0 radical (unpaired) electrons. The first-order valence-electron chi connectivity index (χ1n) is 6.45. The van der Waals surface area contributed by atoms with Crippen LogP contribution < -0.4 is 10.6 Å². The van der Waals surface area contributed by atoms with Gasteiger partial charge in [0.2, 0.25) is 0 Å². The van der Waals surface area contributed by atoms with Crippen molar-refractivity contribution in [2.75, 3.05) is 19.3 Å². The molecule has 2 N–H and O–H groups in total. The molecule has 0 saturated heterocycles. The van der Waals surface area contributed by atoms with Crippen LogP contribution in [0.15, 0.2) is 29.3 Å². The Hall–Kier alpha value is -0.500. The number of hydrogen-bond acceptors (Lipinski definition) is 2. The predicted octanol–water partition coefficient (Wildman–Crippen LogP) is 3.25. The number of nitrogens with zero attached hydrogens (tertiary/aromatic N) is 1. The molecule has 3 nitrogen and oxygen atoms in total. The summed E-state index contributed by atoms with van der Waals surface area (Å²) < 4.78 is 13.5. The lowest BCUT2D eigenvalue weighted by Gasteiger charge is -2.14. The number of rotatable bonds is 6. The zero-order valence-electron chi connectivity index (χ0n) is 12.1. The van der Waals surface area contributed by atoms with Gasteiger partial charge in [-0.3, -0.25) is 0 Å². The minimum Gasteiger partial charge on any atom is -0.357 e. The molecular formula is C14H23FIN3S. The van der Waals surface area contributed by atoms with Gasteiger partial charge in [-0.15, -0.1) is 24.0 Å². The summed E-state index contributed by atoms with van der Waals surface area (Å²) in [5.74, 6) is 0.520. The first-order valence-corrected chi connectivity index (χ1v) is 7.74. The SMILES string of the molecule is CCNC(=NCc1ccccc1F)NCC(C)SC.I. The van der Waals surface area contributed by atoms with Gasteiger partial charge in [-0.05, 0) is 19.2 Å². The van der Waals surface area contributed by atoms with Crippen LogP contribution in [0.1, 0.15) is 19.4 Å². The van der Waals surface area contributed by atoms with Gasteiger partial charge >= 0.3 is 0 Å². The number of aliphatic imine (C=N–C) groups is 1. The second-order valence-electron chi connectivity index (χ2n) is 4.21. The van der Waals surface area contributed by atoms with Crippen LogP contribution >= 0.6 is 35.7 Å². The van der Waals surface area contributed by atoms with Crippen LogP contribution in [-0.4, -0.2) is 30.6 Å². The molecule has 6 heteroatoms. The van der Waals surface area contributed by atoms with E-state index >= 15 is 0 Å². The molecule has 0 saturated carbocycles. The minimum absolute atomic E-state index is 0. The van der Waals surface area contributed by atoms with E-state index in [1.54, 1.807) is 23.9 Å². The molecule has 1 aromatic carbocycles. The lowest BCUT2D eigenvalue weighted by atomic mass is 10.2. The fourth-order valence-electron chi connectivity index (χ4n) is 1.46. The molecule has 0 fully saturated rings. The van der Waals surface area contributed by atoms with Gasteiger partial charge in [0.15, 0.2) is 5.96 Å². The van der Waals surface area contributed by atoms with Gasteiger partial charge in [-0.2, -0.15) is 11.8 Å². The summed E-state index contributed by atoms with van der Waals surface area (Å²) in [6, 6.07) is 6.73. The zero-order valence-corrected chi connectivity index (χ0v) is 15.3. The zero-order chi connectivity index (χ0) is 14.1. The van der Waals surface area contributed by atoms with Crippen LogP contribution in [0.3, 0.4) is 0 Å². The van der Waals surface area contributed by atoms with Crippen molar-refractivity contribution in [1.29, 1.82) is 0 Å². The topological polar surface area (TPSA) is 36.4 Å². The van der Waals surface area contributed by atoms with E-state index in [2.05, 4.69) is 28.8 Å². The number of halogens is 2. The standard InChI is InChI=1S/C14H22FN3S.HI/c1-4-16-14(17-9-11(2)19-3)18-10-12-7-5-6-8-13(12)15;/h5-8,11H,4,9-10H2,1-3H3,(H2,16,17,18);1H. The first kappa shape index (κ1) is 19.5. The molecule has 0 aliphatic carbocycles. The Labute approximate surface area is 142 Å². The van der Waals surface area contributed by atoms with E-state index in [4.69, 9.17) is 0 Å². The Morgan fingerprint density at radius 2 is 2.05 bits per heavy atom. The fourth-order valence-corrected chi connectivity index (χ4v) is 1.71. The third-order valence-electron chi connectivity index (χ3n) is 2.67. The van der Waals surface area contributed by atoms with Crippen LogP contribution in [0.2, 0.25) is 0 Å². The summed E-state index contributed by atoms with van der Waals surface area (Å²) in [5.41, 5.74) is 0.609. The Balaban J connectivity index is 0.00000361. The maximum absolute atomic E-state index is 13.5. The highest BCUT2D eigenvalue weighted by Gasteiger charge is 2.03. The van der Waals surface area contributed by atoms with Gasteiger partial charge in [0, 0.05) is 23.9 Å². The summed E-state index contributed by atoms with van der Waals surface area (Å²) in [7, 11) is 0. The molecule has 20 heavy (non-hydrogen) atoms. The van der Waals surface area contributed by atoms with Crippen molar-refractivity contribution in [3.8, 4) is 0 Å². The van der Waals surface area contributed by atoms with Crippen molar-refractivity contribution in [2.24, 2.45) is 4.99 Å². The Morgan fingerprint density at radius 3 is 2.65 bits per heavy atom. The van der Waals surface area contributed by atoms with Gasteiger partial charge in [0.25, 0.3) is 0 Å². The second kappa shape index (κ2) is 11.2. The molecule has 1 rings (SSSR count). The molecule has 0 amide bonds. The van der Waals surface area contributed by atoms with Gasteiger partial charge in [-0.1, -0.05) is 25.1 Å². The van der Waals surface area contributed by atoms with E-state index in [-0.39, 0.29) is 29.8 Å². The summed E-state index contributed by atoms with van der Waals surface area (Å²) in [6.45, 7) is 6.13. The summed E-state index contributed by atoms with van der Waals surface area (Å²) in [4.78, 5) is 4.40. The van der Waals surface area contributed by atoms with Crippen LogP contribution in [-0.2, 0) is 6.54 Å². The van der Waals surface area contributed by atoms with E-state index in [1.165, 1.54) is 6.07 Å². The van der Waals surface area contributed by atoms with Crippen molar-refractivity contribution >= 4 is 41.7 Å². The molecule has 1 unspecified atom stereocenters. The Kier molecular flexibility index (Phi) is 10.9. The third kappa shape index (κ3) is 7.33. The molecule has 1 aromatic rings. The molecule has 114 valence electrons. The van der Waals surface area contributed by atoms with E-state index in [1.807, 2.05) is 13.0 Å². The van der Waals surface area contributed by atoms with Crippen LogP contribution in [0.5, 0.6) is 0 Å². The van der Waals surface area contributed by atoms with Gasteiger partial charge in [0.05, 0.1) is 6.54 Å². The largest absolute Gasteiger partial charge is 0.357 e.